The zero-order chi connectivity index (χ0) is 15.2. The van der Waals surface area contributed by atoms with Crippen LogP contribution in [0.2, 0.25) is 0 Å². The minimum Gasteiger partial charge on any atom is -0.486 e. The zero-order valence-electron chi connectivity index (χ0n) is 12.2. The molecule has 1 atom stereocenters. The van der Waals surface area contributed by atoms with Gasteiger partial charge >= 0.3 is 5.97 Å². The van der Waals surface area contributed by atoms with Crippen LogP contribution in [0.4, 0.5) is 0 Å². The Bertz CT molecular complexity index is 529. The van der Waals surface area contributed by atoms with Gasteiger partial charge in [-0.15, -0.1) is 0 Å². The number of nitrogens with one attached hydrogen (secondary N) is 1. The number of hydrogen-bond donors (Lipinski definition) is 1. The van der Waals surface area contributed by atoms with E-state index in [1.165, 1.54) is 0 Å². The highest BCUT2D eigenvalue weighted by Crippen LogP contribution is 2.30. The van der Waals surface area contributed by atoms with Crippen LogP contribution in [0.15, 0.2) is 18.2 Å². The fourth-order valence-corrected chi connectivity index (χ4v) is 1.80. The second-order valence-corrected chi connectivity index (χ2v) is 4.81. The molecule has 0 aliphatic carbocycles. The van der Waals surface area contributed by atoms with Gasteiger partial charge in [-0.3, -0.25) is 4.79 Å². The van der Waals surface area contributed by atoms with Gasteiger partial charge < -0.3 is 19.5 Å². The average Bonchev–Trinajstić information content (AvgIpc) is 2.51. The van der Waals surface area contributed by atoms with E-state index < -0.39 is 5.97 Å². The van der Waals surface area contributed by atoms with Crippen molar-refractivity contribution in [2.45, 2.75) is 26.3 Å². The third kappa shape index (κ3) is 4.11. The molecule has 0 saturated heterocycles. The number of rotatable bonds is 5. The molecule has 114 valence electrons. The summed E-state index contributed by atoms with van der Waals surface area (Å²) in [7, 11) is 0. The van der Waals surface area contributed by atoms with E-state index >= 15 is 0 Å². The van der Waals surface area contributed by atoms with Crippen molar-refractivity contribution in [1.29, 1.82) is 0 Å². The molecule has 1 amide bonds. The first kappa shape index (κ1) is 15.2. The van der Waals surface area contributed by atoms with Crippen LogP contribution in [0.1, 0.15) is 30.6 Å². The Labute approximate surface area is 123 Å². The van der Waals surface area contributed by atoms with E-state index in [4.69, 9.17) is 14.2 Å². The summed E-state index contributed by atoms with van der Waals surface area (Å²) in [5, 5.41) is 2.73. The number of fused-ring (bicyclic) bond motifs is 1. The van der Waals surface area contributed by atoms with Gasteiger partial charge in [-0.05, 0) is 31.5 Å². The van der Waals surface area contributed by atoms with Crippen LogP contribution < -0.4 is 14.8 Å². The number of hydrogen-bond acceptors (Lipinski definition) is 5. The highest BCUT2D eigenvalue weighted by molar-refractivity contribution is 5.92. The summed E-state index contributed by atoms with van der Waals surface area (Å²) < 4.78 is 15.7. The first-order valence-electron chi connectivity index (χ1n) is 6.96. The lowest BCUT2D eigenvalue weighted by Crippen LogP contribution is -2.35. The number of ether oxygens (including phenoxy) is 3. The summed E-state index contributed by atoms with van der Waals surface area (Å²) in [6, 6.07) is 4.86. The van der Waals surface area contributed by atoms with Gasteiger partial charge in [0.25, 0.3) is 5.91 Å². The van der Waals surface area contributed by atoms with Crippen LogP contribution in [0.3, 0.4) is 0 Å². The normalized spacial score (nSPS) is 14.2. The lowest BCUT2D eigenvalue weighted by Gasteiger charge is -2.18. The standard InChI is InChI=1S/C15H19NO5/c1-3-10(2)16-14(17)9-21-15(18)11-4-5-12-13(8-11)20-7-6-19-12/h4-5,8,10H,3,6-7,9H2,1-2H3,(H,16,17)/t10-/m0/s1. The summed E-state index contributed by atoms with van der Waals surface area (Å²) in [5.74, 6) is 0.244. The van der Waals surface area contributed by atoms with E-state index in [2.05, 4.69) is 5.32 Å². The lowest BCUT2D eigenvalue weighted by molar-refractivity contribution is -0.124. The Kier molecular flexibility index (Phi) is 5.03. The molecule has 2 rings (SSSR count). The molecule has 1 aliphatic heterocycles. The second-order valence-electron chi connectivity index (χ2n) is 4.81. The van der Waals surface area contributed by atoms with Crippen molar-refractivity contribution in [3.63, 3.8) is 0 Å². The number of esters is 1. The van der Waals surface area contributed by atoms with Gasteiger partial charge in [0, 0.05) is 6.04 Å². The Morgan fingerprint density at radius 2 is 2.00 bits per heavy atom. The molecule has 1 N–H and O–H groups in total. The van der Waals surface area contributed by atoms with E-state index in [1.807, 2.05) is 13.8 Å². The minimum absolute atomic E-state index is 0.0606. The highest BCUT2D eigenvalue weighted by atomic mass is 16.6. The quantitative estimate of drug-likeness (QED) is 0.833. The SMILES string of the molecule is CC[C@H](C)NC(=O)COC(=O)c1ccc2c(c1)OCCO2. The summed E-state index contributed by atoms with van der Waals surface area (Å²) >= 11 is 0. The molecule has 0 radical (unpaired) electrons. The van der Waals surface area contributed by atoms with Crippen molar-refractivity contribution in [1.82, 2.24) is 5.32 Å². The van der Waals surface area contributed by atoms with Crippen LogP contribution in [0, 0.1) is 0 Å². The average molecular weight is 293 g/mol. The van der Waals surface area contributed by atoms with E-state index in [1.54, 1.807) is 18.2 Å². The van der Waals surface area contributed by atoms with Crippen LogP contribution in [-0.4, -0.2) is 37.7 Å². The van der Waals surface area contributed by atoms with Gasteiger partial charge in [0.05, 0.1) is 5.56 Å². The predicted octanol–water partition coefficient (Wildman–Crippen LogP) is 1.53. The molecule has 1 heterocycles. The summed E-state index contributed by atoms with van der Waals surface area (Å²) in [6.45, 7) is 4.50. The maximum absolute atomic E-state index is 11.9. The molecule has 21 heavy (non-hydrogen) atoms. The van der Waals surface area contributed by atoms with Crippen LogP contribution in [-0.2, 0) is 9.53 Å². The molecule has 1 aromatic carbocycles. The number of carbonyl (C=O) groups excluding carboxylic acids is 2. The molecular formula is C15H19NO5. The smallest absolute Gasteiger partial charge is 0.338 e. The van der Waals surface area contributed by atoms with Crippen molar-refractivity contribution < 1.29 is 23.8 Å². The van der Waals surface area contributed by atoms with E-state index in [0.29, 0.717) is 30.3 Å². The van der Waals surface area contributed by atoms with E-state index in [0.717, 1.165) is 6.42 Å². The molecule has 0 aromatic heterocycles. The number of amides is 1. The summed E-state index contributed by atoms with van der Waals surface area (Å²) in [6.07, 6.45) is 0.821. The molecular weight excluding hydrogens is 274 g/mol. The third-order valence-corrected chi connectivity index (χ3v) is 3.13. The van der Waals surface area contributed by atoms with Gasteiger partial charge in [-0.1, -0.05) is 6.92 Å². The minimum atomic E-state index is -0.564. The molecule has 0 unspecified atom stereocenters. The number of carbonyl (C=O) groups is 2. The molecule has 6 heteroatoms. The fourth-order valence-electron chi connectivity index (χ4n) is 1.80. The van der Waals surface area contributed by atoms with Crippen molar-refractivity contribution >= 4 is 11.9 Å². The van der Waals surface area contributed by atoms with Gasteiger partial charge in [0.2, 0.25) is 0 Å². The van der Waals surface area contributed by atoms with Crippen molar-refractivity contribution in [2.24, 2.45) is 0 Å². The summed E-state index contributed by atoms with van der Waals surface area (Å²) in [5.41, 5.74) is 0.329. The van der Waals surface area contributed by atoms with Crippen molar-refractivity contribution in [3.8, 4) is 11.5 Å². The van der Waals surface area contributed by atoms with Gasteiger partial charge in [0.15, 0.2) is 18.1 Å². The first-order valence-corrected chi connectivity index (χ1v) is 6.96. The van der Waals surface area contributed by atoms with Crippen molar-refractivity contribution in [2.75, 3.05) is 19.8 Å². The monoisotopic (exact) mass is 293 g/mol. The fraction of sp³-hybridized carbons (Fsp3) is 0.467. The van der Waals surface area contributed by atoms with E-state index in [-0.39, 0.29) is 18.6 Å². The van der Waals surface area contributed by atoms with Gasteiger partial charge in [0.1, 0.15) is 13.2 Å². The topological polar surface area (TPSA) is 73.9 Å². The molecule has 1 aliphatic rings. The second kappa shape index (κ2) is 6.97. The third-order valence-electron chi connectivity index (χ3n) is 3.13. The molecule has 0 saturated carbocycles. The lowest BCUT2D eigenvalue weighted by atomic mass is 10.2. The first-order chi connectivity index (χ1) is 10.1. The van der Waals surface area contributed by atoms with Gasteiger partial charge in [-0.25, -0.2) is 4.79 Å². The number of benzene rings is 1. The Morgan fingerprint density at radius 1 is 1.29 bits per heavy atom. The summed E-state index contributed by atoms with van der Waals surface area (Å²) in [4.78, 5) is 23.4. The largest absolute Gasteiger partial charge is 0.486 e. The zero-order valence-corrected chi connectivity index (χ0v) is 12.2. The van der Waals surface area contributed by atoms with Crippen molar-refractivity contribution in [3.05, 3.63) is 23.8 Å². The Balaban J connectivity index is 1.90. The predicted molar refractivity (Wildman–Crippen MR) is 75.6 cm³/mol. The maximum Gasteiger partial charge on any atom is 0.338 e. The van der Waals surface area contributed by atoms with Crippen LogP contribution in [0.25, 0.3) is 0 Å². The van der Waals surface area contributed by atoms with E-state index in [9.17, 15) is 9.59 Å². The molecule has 0 fully saturated rings. The molecule has 1 aromatic rings. The van der Waals surface area contributed by atoms with Gasteiger partial charge in [-0.2, -0.15) is 0 Å². The molecule has 6 nitrogen and oxygen atoms in total. The Morgan fingerprint density at radius 3 is 2.71 bits per heavy atom. The highest BCUT2D eigenvalue weighted by Gasteiger charge is 2.16. The molecule has 0 spiro atoms. The Hall–Kier alpha value is -2.24. The molecule has 0 bridgehead atoms. The van der Waals surface area contributed by atoms with Crippen LogP contribution >= 0.6 is 0 Å². The van der Waals surface area contributed by atoms with Crippen LogP contribution in [0.5, 0.6) is 11.5 Å². The maximum atomic E-state index is 11.9.